The smallest absolute Gasteiger partial charge is 0.119 e. The monoisotopic (exact) mass is 235 g/mol. The van der Waals surface area contributed by atoms with Gasteiger partial charge in [-0.05, 0) is 43.4 Å². The summed E-state index contributed by atoms with van der Waals surface area (Å²) in [4.78, 5) is 0. The van der Waals surface area contributed by atoms with Crippen molar-refractivity contribution in [3.8, 4) is 5.75 Å². The van der Waals surface area contributed by atoms with E-state index < -0.39 is 0 Å². The molecule has 0 spiro atoms. The van der Waals surface area contributed by atoms with Crippen molar-refractivity contribution in [3.05, 3.63) is 29.8 Å². The van der Waals surface area contributed by atoms with E-state index in [1.54, 1.807) is 0 Å². The average molecular weight is 235 g/mol. The first-order valence-corrected chi connectivity index (χ1v) is 6.21. The predicted molar refractivity (Wildman–Crippen MR) is 73.5 cm³/mol. The van der Waals surface area contributed by atoms with Gasteiger partial charge >= 0.3 is 0 Å². The molecule has 17 heavy (non-hydrogen) atoms. The summed E-state index contributed by atoms with van der Waals surface area (Å²) in [5.41, 5.74) is 7.21. The molecular formula is C15H25NO. The van der Waals surface area contributed by atoms with Crippen LogP contribution < -0.4 is 10.5 Å². The minimum Gasteiger partial charge on any atom is -0.494 e. The molecule has 2 nitrogen and oxygen atoms in total. The fraction of sp³-hybridized carbons (Fsp3) is 0.600. The van der Waals surface area contributed by atoms with Gasteiger partial charge in [-0.15, -0.1) is 0 Å². The fourth-order valence-electron chi connectivity index (χ4n) is 1.48. The molecule has 0 aromatic heterocycles. The Balaban J connectivity index is 2.61. The first kappa shape index (κ1) is 14.0. The lowest BCUT2D eigenvalue weighted by atomic mass is 9.87. The maximum absolute atomic E-state index is 5.92. The van der Waals surface area contributed by atoms with Crippen LogP contribution in [-0.4, -0.2) is 12.1 Å². The fourth-order valence-corrected chi connectivity index (χ4v) is 1.48. The quantitative estimate of drug-likeness (QED) is 0.867. The van der Waals surface area contributed by atoms with Gasteiger partial charge in [-0.3, -0.25) is 0 Å². The van der Waals surface area contributed by atoms with E-state index in [1.165, 1.54) is 5.56 Å². The molecule has 0 radical (unpaired) electrons. The Kier molecular flexibility index (Phi) is 4.21. The Morgan fingerprint density at radius 3 is 2.29 bits per heavy atom. The molecule has 1 aromatic rings. The van der Waals surface area contributed by atoms with E-state index in [1.807, 2.05) is 26.0 Å². The zero-order valence-electron chi connectivity index (χ0n) is 11.7. The van der Waals surface area contributed by atoms with Crippen molar-refractivity contribution in [1.82, 2.24) is 0 Å². The van der Waals surface area contributed by atoms with Crippen LogP contribution >= 0.6 is 0 Å². The van der Waals surface area contributed by atoms with Gasteiger partial charge in [-0.2, -0.15) is 0 Å². The second kappa shape index (κ2) is 5.09. The highest BCUT2D eigenvalue weighted by Crippen LogP contribution is 2.25. The highest BCUT2D eigenvalue weighted by atomic mass is 16.5. The van der Waals surface area contributed by atoms with Crippen molar-refractivity contribution in [1.29, 1.82) is 0 Å². The van der Waals surface area contributed by atoms with Gasteiger partial charge in [-0.25, -0.2) is 0 Å². The van der Waals surface area contributed by atoms with Gasteiger partial charge in [0.1, 0.15) is 5.75 Å². The van der Waals surface area contributed by atoms with Gasteiger partial charge in [0.15, 0.2) is 0 Å². The number of nitrogens with two attached hydrogens (primary N) is 1. The summed E-state index contributed by atoms with van der Waals surface area (Å²) in [5, 5.41) is 0. The van der Waals surface area contributed by atoms with Crippen LogP contribution in [0.3, 0.4) is 0 Å². The molecule has 0 saturated heterocycles. The molecule has 96 valence electrons. The largest absolute Gasteiger partial charge is 0.494 e. The van der Waals surface area contributed by atoms with E-state index >= 15 is 0 Å². The standard InChI is InChI=1S/C15H25NO/c1-14(2,3)12-7-6-8-13(11-12)17-10-9-15(4,5)16/h6-8,11H,9-10,16H2,1-5H3. The Labute approximate surface area is 105 Å². The number of ether oxygens (including phenoxy) is 1. The zero-order valence-corrected chi connectivity index (χ0v) is 11.7. The SMILES string of the molecule is CC(C)(N)CCOc1cccc(C(C)(C)C)c1. The van der Waals surface area contributed by atoms with Crippen molar-refractivity contribution in [2.75, 3.05) is 6.61 Å². The summed E-state index contributed by atoms with van der Waals surface area (Å²) in [6.07, 6.45) is 0.854. The Hall–Kier alpha value is -1.02. The van der Waals surface area contributed by atoms with E-state index in [4.69, 9.17) is 10.5 Å². The lowest BCUT2D eigenvalue weighted by Gasteiger charge is -2.21. The molecule has 0 bridgehead atoms. The second-order valence-electron chi connectivity index (χ2n) is 6.36. The molecule has 1 aromatic carbocycles. The highest BCUT2D eigenvalue weighted by Gasteiger charge is 2.14. The van der Waals surface area contributed by atoms with Crippen LogP contribution in [0.15, 0.2) is 24.3 Å². The van der Waals surface area contributed by atoms with Crippen LogP contribution in [0, 0.1) is 0 Å². The molecule has 2 heteroatoms. The second-order valence-corrected chi connectivity index (χ2v) is 6.36. The van der Waals surface area contributed by atoms with E-state index in [0.29, 0.717) is 6.61 Å². The normalized spacial score (nSPS) is 12.6. The number of hydrogen-bond donors (Lipinski definition) is 1. The van der Waals surface area contributed by atoms with E-state index in [-0.39, 0.29) is 11.0 Å². The molecule has 0 atom stereocenters. The van der Waals surface area contributed by atoms with Crippen LogP contribution in [0.1, 0.15) is 46.6 Å². The topological polar surface area (TPSA) is 35.2 Å². The van der Waals surface area contributed by atoms with Gasteiger partial charge in [0, 0.05) is 5.54 Å². The molecule has 0 fully saturated rings. The first-order valence-electron chi connectivity index (χ1n) is 6.21. The Bertz CT molecular complexity index is 358. The molecule has 0 aliphatic heterocycles. The van der Waals surface area contributed by atoms with Gasteiger partial charge in [-0.1, -0.05) is 32.9 Å². The van der Waals surface area contributed by atoms with Crippen LogP contribution in [0.2, 0.25) is 0 Å². The summed E-state index contributed by atoms with van der Waals surface area (Å²) in [5.74, 6) is 0.932. The summed E-state index contributed by atoms with van der Waals surface area (Å²) in [7, 11) is 0. The minimum atomic E-state index is -0.165. The maximum Gasteiger partial charge on any atom is 0.119 e. The molecule has 0 saturated carbocycles. The van der Waals surface area contributed by atoms with Gasteiger partial charge < -0.3 is 10.5 Å². The molecule has 0 aliphatic rings. The third-order valence-corrected chi connectivity index (χ3v) is 2.72. The van der Waals surface area contributed by atoms with Gasteiger partial charge in [0.25, 0.3) is 0 Å². The predicted octanol–water partition coefficient (Wildman–Crippen LogP) is 3.49. The Morgan fingerprint density at radius 2 is 1.76 bits per heavy atom. The van der Waals surface area contributed by atoms with Crippen molar-refractivity contribution in [2.24, 2.45) is 5.73 Å². The average Bonchev–Trinajstić information content (AvgIpc) is 2.15. The maximum atomic E-state index is 5.92. The third kappa shape index (κ3) is 5.22. The highest BCUT2D eigenvalue weighted by molar-refractivity contribution is 5.32. The van der Waals surface area contributed by atoms with E-state index in [0.717, 1.165) is 12.2 Å². The molecular weight excluding hydrogens is 210 g/mol. The van der Waals surface area contributed by atoms with Crippen LogP contribution in [-0.2, 0) is 5.41 Å². The zero-order chi connectivity index (χ0) is 13.1. The van der Waals surface area contributed by atoms with Crippen molar-refractivity contribution >= 4 is 0 Å². The van der Waals surface area contributed by atoms with Crippen molar-refractivity contribution < 1.29 is 4.74 Å². The molecule has 1 rings (SSSR count). The Morgan fingerprint density at radius 1 is 1.12 bits per heavy atom. The minimum absolute atomic E-state index is 0.159. The number of hydrogen-bond acceptors (Lipinski definition) is 2. The lowest BCUT2D eigenvalue weighted by molar-refractivity contribution is 0.273. The van der Waals surface area contributed by atoms with Crippen molar-refractivity contribution in [3.63, 3.8) is 0 Å². The summed E-state index contributed by atoms with van der Waals surface area (Å²) < 4.78 is 5.74. The molecule has 0 aliphatic carbocycles. The summed E-state index contributed by atoms with van der Waals surface area (Å²) in [6.45, 7) is 11.3. The molecule has 2 N–H and O–H groups in total. The third-order valence-electron chi connectivity index (χ3n) is 2.72. The van der Waals surface area contributed by atoms with Crippen LogP contribution in [0.25, 0.3) is 0 Å². The van der Waals surface area contributed by atoms with Gasteiger partial charge in [0.05, 0.1) is 6.61 Å². The van der Waals surface area contributed by atoms with E-state index in [2.05, 4.69) is 32.9 Å². The summed E-state index contributed by atoms with van der Waals surface area (Å²) >= 11 is 0. The van der Waals surface area contributed by atoms with Crippen LogP contribution in [0.5, 0.6) is 5.75 Å². The van der Waals surface area contributed by atoms with Crippen LogP contribution in [0.4, 0.5) is 0 Å². The molecule has 0 amide bonds. The molecule has 0 unspecified atom stereocenters. The number of rotatable bonds is 4. The molecule has 0 heterocycles. The van der Waals surface area contributed by atoms with Crippen molar-refractivity contribution in [2.45, 2.75) is 52.0 Å². The number of benzene rings is 1. The van der Waals surface area contributed by atoms with E-state index in [9.17, 15) is 0 Å². The lowest BCUT2D eigenvalue weighted by Crippen LogP contribution is -2.33. The first-order chi connectivity index (χ1) is 7.68. The summed E-state index contributed by atoms with van der Waals surface area (Å²) in [6, 6.07) is 8.30. The van der Waals surface area contributed by atoms with Gasteiger partial charge in [0.2, 0.25) is 0 Å².